The number of piperidine rings is 1. The van der Waals surface area contributed by atoms with Crippen molar-refractivity contribution in [2.24, 2.45) is 13.0 Å². The molecule has 1 aliphatic rings. The molecule has 1 fully saturated rings. The van der Waals surface area contributed by atoms with Crippen molar-refractivity contribution in [2.45, 2.75) is 19.3 Å². The third-order valence-electron chi connectivity index (χ3n) is 4.55. The predicted molar refractivity (Wildman–Crippen MR) is 89.1 cm³/mol. The fourth-order valence-electron chi connectivity index (χ4n) is 3.21. The summed E-state index contributed by atoms with van der Waals surface area (Å²) in [6.45, 7) is 1.74. The van der Waals surface area contributed by atoms with Crippen molar-refractivity contribution in [1.29, 1.82) is 0 Å². The van der Waals surface area contributed by atoms with Crippen LogP contribution in [0.1, 0.15) is 18.5 Å². The zero-order valence-electron chi connectivity index (χ0n) is 14.2. The molecule has 3 rings (SSSR count). The van der Waals surface area contributed by atoms with Crippen LogP contribution in [0.25, 0.3) is 11.4 Å². The van der Waals surface area contributed by atoms with Gasteiger partial charge in [0.1, 0.15) is 12.3 Å². The molecule has 0 bridgehead atoms. The number of hydrogen-bond donors (Lipinski definition) is 0. The van der Waals surface area contributed by atoms with Crippen LogP contribution in [0.5, 0.6) is 0 Å². The van der Waals surface area contributed by atoms with E-state index in [0.717, 1.165) is 49.4 Å². The van der Waals surface area contributed by atoms with Gasteiger partial charge in [-0.25, -0.2) is 0 Å². The van der Waals surface area contributed by atoms with Crippen molar-refractivity contribution >= 4 is 5.91 Å². The third-order valence-corrected chi connectivity index (χ3v) is 4.55. The lowest BCUT2D eigenvalue weighted by atomic mass is 9.91. The Morgan fingerprint density at radius 3 is 2.67 bits per heavy atom. The van der Waals surface area contributed by atoms with E-state index in [1.165, 1.54) is 0 Å². The van der Waals surface area contributed by atoms with Crippen molar-refractivity contribution in [1.82, 2.24) is 24.6 Å². The Kier molecular flexibility index (Phi) is 5.20. The van der Waals surface area contributed by atoms with Crippen LogP contribution in [0.3, 0.4) is 0 Å². The van der Waals surface area contributed by atoms with Gasteiger partial charge in [-0.2, -0.15) is 5.10 Å². The minimum Gasteiger partial charge on any atom is -0.375 e. The lowest BCUT2D eigenvalue weighted by Crippen LogP contribution is -2.40. The van der Waals surface area contributed by atoms with Crippen molar-refractivity contribution in [3.05, 3.63) is 30.4 Å². The molecule has 0 spiro atoms. The molecule has 0 radical (unpaired) electrons. The zero-order valence-corrected chi connectivity index (χ0v) is 14.2. The maximum atomic E-state index is 11.9. The molecule has 0 N–H and O–H groups in total. The third kappa shape index (κ3) is 3.62. The normalized spacial score (nSPS) is 15.7. The molecule has 24 heavy (non-hydrogen) atoms. The van der Waals surface area contributed by atoms with Gasteiger partial charge in [0.2, 0.25) is 5.91 Å². The van der Waals surface area contributed by atoms with Crippen LogP contribution in [-0.2, 0) is 23.0 Å². The summed E-state index contributed by atoms with van der Waals surface area (Å²) in [5, 5.41) is 4.22. The summed E-state index contributed by atoms with van der Waals surface area (Å²) in [6, 6.07) is 1.96. The van der Waals surface area contributed by atoms with Crippen LogP contribution >= 0.6 is 0 Å². The summed E-state index contributed by atoms with van der Waals surface area (Å²) in [6.07, 6.45) is 8.08. The first-order valence-corrected chi connectivity index (χ1v) is 8.24. The van der Waals surface area contributed by atoms with Crippen LogP contribution in [0, 0.1) is 5.92 Å². The highest BCUT2D eigenvalue weighted by atomic mass is 16.5. The Morgan fingerprint density at radius 1 is 1.25 bits per heavy atom. The number of methoxy groups -OCH3 is 1. The first kappa shape index (κ1) is 16.6. The number of carbonyl (C=O) groups is 1. The Labute approximate surface area is 141 Å². The van der Waals surface area contributed by atoms with Gasteiger partial charge in [0.15, 0.2) is 0 Å². The summed E-state index contributed by atoms with van der Waals surface area (Å²) in [4.78, 5) is 22.8. The van der Waals surface area contributed by atoms with E-state index in [1.54, 1.807) is 25.7 Å². The first-order valence-electron chi connectivity index (χ1n) is 8.24. The number of likely N-dealkylation sites (tertiary alicyclic amines) is 1. The number of aromatic nitrogens is 4. The van der Waals surface area contributed by atoms with Crippen LogP contribution in [0.15, 0.2) is 24.7 Å². The second-order valence-electron chi connectivity index (χ2n) is 6.15. The quantitative estimate of drug-likeness (QED) is 0.827. The van der Waals surface area contributed by atoms with E-state index in [0.29, 0.717) is 5.92 Å². The number of rotatable bonds is 5. The highest BCUT2D eigenvalue weighted by molar-refractivity contribution is 5.77. The number of ether oxygens (including phenoxy) is 1. The van der Waals surface area contributed by atoms with E-state index < -0.39 is 0 Å². The topological polar surface area (TPSA) is 73.1 Å². The smallest absolute Gasteiger partial charge is 0.248 e. The highest BCUT2D eigenvalue weighted by Crippen LogP contribution is 2.26. The summed E-state index contributed by atoms with van der Waals surface area (Å²) >= 11 is 0. The fourth-order valence-corrected chi connectivity index (χ4v) is 3.21. The Hall–Kier alpha value is -2.28. The molecule has 7 nitrogen and oxygen atoms in total. The molecule has 1 saturated heterocycles. The van der Waals surface area contributed by atoms with Gasteiger partial charge in [-0.1, -0.05) is 0 Å². The Morgan fingerprint density at radius 2 is 2.00 bits per heavy atom. The molecule has 0 aromatic carbocycles. The largest absolute Gasteiger partial charge is 0.375 e. The van der Waals surface area contributed by atoms with E-state index in [4.69, 9.17) is 4.74 Å². The average molecular weight is 329 g/mol. The molecule has 0 aliphatic carbocycles. The molecule has 2 aromatic heterocycles. The Bertz CT molecular complexity index is 692. The lowest BCUT2D eigenvalue weighted by molar-refractivity contribution is -0.136. The van der Waals surface area contributed by atoms with Gasteiger partial charge in [0.05, 0.1) is 11.4 Å². The van der Waals surface area contributed by atoms with Gasteiger partial charge in [0.25, 0.3) is 0 Å². The minimum atomic E-state index is 0.0750. The summed E-state index contributed by atoms with van der Waals surface area (Å²) in [7, 11) is 3.46. The summed E-state index contributed by atoms with van der Waals surface area (Å²) in [5.41, 5.74) is 2.88. The van der Waals surface area contributed by atoms with Gasteiger partial charge in [-0.3, -0.25) is 19.4 Å². The molecule has 0 saturated carbocycles. The molecule has 3 heterocycles. The fraction of sp³-hybridized carbons (Fsp3) is 0.529. The molecule has 128 valence electrons. The van der Waals surface area contributed by atoms with E-state index >= 15 is 0 Å². The molecule has 7 heteroatoms. The van der Waals surface area contributed by atoms with Crippen molar-refractivity contribution in [3.63, 3.8) is 0 Å². The number of carbonyl (C=O) groups excluding carboxylic acids is 1. The van der Waals surface area contributed by atoms with Crippen LogP contribution < -0.4 is 0 Å². The van der Waals surface area contributed by atoms with E-state index in [-0.39, 0.29) is 12.5 Å². The van der Waals surface area contributed by atoms with Gasteiger partial charge in [0, 0.05) is 45.8 Å². The molecule has 1 aliphatic heterocycles. The van der Waals surface area contributed by atoms with Crippen LogP contribution in [0.4, 0.5) is 0 Å². The van der Waals surface area contributed by atoms with E-state index in [1.807, 2.05) is 22.7 Å². The average Bonchev–Trinajstić information content (AvgIpc) is 3.02. The summed E-state index contributed by atoms with van der Waals surface area (Å²) in [5.74, 6) is 0.589. The second kappa shape index (κ2) is 7.53. The summed E-state index contributed by atoms with van der Waals surface area (Å²) < 4.78 is 6.75. The molecular weight excluding hydrogens is 306 g/mol. The predicted octanol–water partition coefficient (Wildman–Crippen LogP) is 1.30. The lowest BCUT2D eigenvalue weighted by Gasteiger charge is -2.32. The van der Waals surface area contributed by atoms with Crippen LogP contribution in [-0.4, -0.2) is 57.4 Å². The monoisotopic (exact) mass is 329 g/mol. The van der Waals surface area contributed by atoms with Crippen molar-refractivity contribution in [3.8, 4) is 11.4 Å². The van der Waals surface area contributed by atoms with Gasteiger partial charge < -0.3 is 9.64 Å². The molecule has 0 unspecified atom stereocenters. The van der Waals surface area contributed by atoms with E-state index in [9.17, 15) is 4.79 Å². The van der Waals surface area contributed by atoms with Crippen molar-refractivity contribution < 1.29 is 9.53 Å². The molecule has 1 amide bonds. The van der Waals surface area contributed by atoms with Crippen LogP contribution in [0.2, 0.25) is 0 Å². The Balaban J connectivity index is 1.66. The molecular formula is C17H23N5O2. The highest BCUT2D eigenvalue weighted by Gasteiger charge is 2.24. The zero-order chi connectivity index (χ0) is 16.9. The maximum absolute atomic E-state index is 11.9. The van der Waals surface area contributed by atoms with E-state index in [2.05, 4.69) is 15.1 Å². The second-order valence-corrected chi connectivity index (χ2v) is 6.15. The van der Waals surface area contributed by atoms with Gasteiger partial charge >= 0.3 is 0 Å². The van der Waals surface area contributed by atoms with Gasteiger partial charge in [-0.05, 0) is 31.2 Å². The first-order chi connectivity index (χ1) is 11.7. The number of amides is 1. The molecule has 0 atom stereocenters. The minimum absolute atomic E-state index is 0.0750. The number of aryl methyl sites for hydroxylation is 1. The van der Waals surface area contributed by atoms with Gasteiger partial charge in [-0.15, -0.1) is 0 Å². The number of nitrogens with zero attached hydrogens (tertiary/aromatic N) is 5. The standard InChI is InChI=1S/C17H23N5O2/c1-21-15(3-6-20-21)17-14(18-7-8-19-17)11-13-4-9-22(10-5-13)16(23)12-24-2/h3,6-8,13H,4-5,9-12H2,1-2H3. The number of hydrogen-bond acceptors (Lipinski definition) is 5. The van der Waals surface area contributed by atoms with Crippen molar-refractivity contribution in [2.75, 3.05) is 26.8 Å². The SMILES string of the molecule is COCC(=O)N1CCC(Cc2nccnc2-c2ccnn2C)CC1. The maximum Gasteiger partial charge on any atom is 0.248 e. The molecule has 2 aromatic rings.